The van der Waals surface area contributed by atoms with Crippen molar-refractivity contribution in [3.63, 3.8) is 0 Å². The number of benzene rings is 1. The molecule has 0 radical (unpaired) electrons. The Hall–Kier alpha value is -1.04. The average Bonchev–Trinajstić information content (AvgIpc) is 2.90. The number of hydrogen-bond acceptors (Lipinski definition) is 1. The number of halogens is 1. The highest BCUT2D eigenvalue weighted by molar-refractivity contribution is 9.09. The maximum absolute atomic E-state index is 5.72. The molecule has 0 atom stereocenters. The van der Waals surface area contributed by atoms with E-state index in [9.17, 15) is 0 Å². The molecule has 1 nitrogen and oxygen atoms in total. The molecule has 0 N–H and O–H groups in total. The van der Waals surface area contributed by atoms with Crippen LogP contribution in [0.15, 0.2) is 42.0 Å². The first-order valence-electron chi connectivity index (χ1n) is 15.1. The van der Waals surface area contributed by atoms with Crippen molar-refractivity contribution in [1.29, 1.82) is 0 Å². The standard InChI is InChI=1S/C34H55BrO/c1-33(27-21-16-14-17-24-30-35)26-20-15-12-10-8-6-4-2-3-5-7-9-11-13-18-25-31-36-32-34-28-22-19-23-29-34/h19,22-23,26,28-29H,2-8,10,12-18,20-21,24-25,27,30-32H2,1H3. The van der Waals surface area contributed by atoms with Gasteiger partial charge in [0.1, 0.15) is 0 Å². The molecule has 204 valence electrons. The van der Waals surface area contributed by atoms with Crippen molar-refractivity contribution >= 4 is 15.9 Å². The van der Waals surface area contributed by atoms with Crippen LogP contribution in [0.1, 0.15) is 141 Å². The van der Waals surface area contributed by atoms with Gasteiger partial charge in [0.2, 0.25) is 0 Å². The molecular weight excluding hydrogens is 504 g/mol. The minimum absolute atomic E-state index is 0.725. The molecule has 0 spiro atoms. The highest BCUT2D eigenvalue weighted by Crippen LogP contribution is 2.14. The lowest BCUT2D eigenvalue weighted by molar-refractivity contribution is 0.117. The van der Waals surface area contributed by atoms with E-state index < -0.39 is 0 Å². The quantitative estimate of drug-likeness (QED) is 0.0530. The van der Waals surface area contributed by atoms with Crippen molar-refractivity contribution < 1.29 is 4.74 Å². The van der Waals surface area contributed by atoms with E-state index in [0.29, 0.717) is 0 Å². The van der Waals surface area contributed by atoms with Crippen molar-refractivity contribution in [2.24, 2.45) is 0 Å². The summed E-state index contributed by atoms with van der Waals surface area (Å²) in [7, 11) is 0. The van der Waals surface area contributed by atoms with E-state index in [0.717, 1.165) is 44.2 Å². The van der Waals surface area contributed by atoms with Crippen LogP contribution in [0.5, 0.6) is 0 Å². The van der Waals surface area contributed by atoms with Crippen molar-refractivity contribution in [2.75, 3.05) is 11.9 Å². The third kappa shape index (κ3) is 23.4. The zero-order valence-corrected chi connectivity index (χ0v) is 25.1. The summed E-state index contributed by atoms with van der Waals surface area (Å²) in [6.45, 7) is 3.89. The number of alkyl halides is 1. The Kier molecular flexibility index (Phi) is 24.7. The lowest BCUT2D eigenvalue weighted by atomic mass is 10.0. The van der Waals surface area contributed by atoms with E-state index in [1.54, 1.807) is 5.57 Å². The third-order valence-electron chi connectivity index (χ3n) is 6.78. The Morgan fingerprint density at radius 1 is 0.694 bits per heavy atom. The Morgan fingerprint density at radius 3 is 1.92 bits per heavy atom. The Balaban J connectivity index is 1.75. The van der Waals surface area contributed by atoms with E-state index in [4.69, 9.17) is 4.74 Å². The SMILES string of the molecule is CC(=CCCCCCCCCCCCC#CCCCCOCc1ccccc1)CCCCCCCBr. The summed E-state index contributed by atoms with van der Waals surface area (Å²) < 4.78 is 5.72. The van der Waals surface area contributed by atoms with Crippen LogP contribution in [0.4, 0.5) is 0 Å². The van der Waals surface area contributed by atoms with E-state index in [1.165, 1.54) is 108 Å². The molecule has 0 amide bonds. The average molecular weight is 560 g/mol. The maximum Gasteiger partial charge on any atom is 0.0716 e. The Bertz CT molecular complexity index is 669. The second-order valence-electron chi connectivity index (χ2n) is 10.3. The van der Waals surface area contributed by atoms with Crippen LogP contribution in [0.3, 0.4) is 0 Å². The summed E-state index contributed by atoms with van der Waals surface area (Å²) in [5.41, 5.74) is 2.87. The second-order valence-corrected chi connectivity index (χ2v) is 11.1. The zero-order valence-electron chi connectivity index (χ0n) is 23.5. The molecule has 0 aliphatic rings. The predicted octanol–water partition coefficient (Wildman–Crippen LogP) is 11.3. The zero-order chi connectivity index (χ0) is 25.8. The fourth-order valence-electron chi connectivity index (χ4n) is 4.43. The highest BCUT2D eigenvalue weighted by Gasteiger charge is 1.95. The van der Waals surface area contributed by atoms with Gasteiger partial charge < -0.3 is 4.74 Å². The Labute approximate surface area is 233 Å². The largest absolute Gasteiger partial charge is 0.377 e. The lowest BCUT2D eigenvalue weighted by Gasteiger charge is -2.03. The van der Waals surface area contributed by atoms with Crippen molar-refractivity contribution in [3.05, 3.63) is 47.5 Å². The number of unbranched alkanes of at least 4 members (excludes halogenated alkanes) is 16. The first-order chi connectivity index (χ1) is 17.8. The van der Waals surface area contributed by atoms with Crippen molar-refractivity contribution in [1.82, 2.24) is 0 Å². The summed E-state index contributed by atoms with van der Waals surface area (Å²) in [5.74, 6) is 6.71. The maximum atomic E-state index is 5.72. The molecule has 0 fully saturated rings. The third-order valence-corrected chi connectivity index (χ3v) is 7.34. The van der Waals surface area contributed by atoms with Gasteiger partial charge in [-0.15, -0.1) is 11.8 Å². The smallest absolute Gasteiger partial charge is 0.0716 e. The predicted molar refractivity (Wildman–Crippen MR) is 164 cm³/mol. The molecule has 0 aromatic heterocycles. The van der Waals surface area contributed by atoms with Gasteiger partial charge >= 0.3 is 0 Å². The summed E-state index contributed by atoms with van der Waals surface area (Å²) in [4.78, 5) is 0. The normalized spacial score (nSPS) is 11.4. The van der Waals surface area contributed by atoms with Gasteiger partial charge in [-0.2, -0.15) is 0 Å². The topological polar surface area (TPSA) is 9.23 Å². The summed E-state index contributed by atoms with van der Waals surface area (Å²) in [6.07, 6.45) is 28.8. The number of hydrogen-bond donors (Lipinski definition) is 0. The first kappa shape index (κ1) is 33.0. The van der Waals surface area contributed by atoms with Crippen LogP contribution in [0.2, 0.25) is 0 Å². The van der Waals surface area contributed by atoms with E-state index in [2.05, 4.69) is 65.0 Å². The molecule has 0 heterocycles. The van der Waals surface area contributed by atoms with Gasteiger partial charge in [0.25, 0.3) is 0 Å². The number of rotatable bonds is 24. The minimum atomic E-state index is 0.725. The van der Waals surface area contributed by atoms with Gasteiger partial charge in [0.05, 0.1) is 6.61 Å². The van der Waals surface area contributed by atoms with E-state index in [1.807, 2.05) is 6.07 Å². The lowest BCUT2D eigenvalue weighted by Crippen LogP contribution is -1.95. The van der Waals surface area contributed by atoms with Crippen LogP contribution in [0, 0.1) is 11.8 Å². The fraction of sp³-hybridized carbons (Fsp3) is 0.706. The number of ether oxygens (including phenoxy) is 1. The van der Waals surface area contributed by atoms with Crippen LogP contribution >= 0.6 is 15.9 Å². The van der Waals surface area contributed by atoms with Crippen LogP contribution in [0.25, 0.3) is 0 Å². The fourth-order valence-corrected chi connectivity index (χ4v) is 4.83. The molecule has 36 heavy (non-hydrogen) atoms. The molecule has 0 unspecified atom stereocenters. The minimum Gasteiger partial charge on any atom is -0.377 e. The second kappa shape index (κ2) is 27.0. The van der Waals surface area contributed by atoms with Gasteiger partial charge in [-0.1, -0.05) is 122 Å². The molecule has 1 rings (SSSR count). The summed E-state index contributed by atoms with van der Waals surface area (Å²) in [6, 6.07) is 10.4. The van der Waals surface area contributed by atoms with Gasteiger partial charge in [-0.3, -0.25) is 0 Å². The monoisotopic (exact) mass is 558 g/mol. The van der Waals surface area contributed by atoms with Crippen molar-refractivity contribution in [3.8, 4) is 11.8 Å². The molecule has 1 aromatic carbocycles. The summed E-state index contributed by atoms with van der Waals surface area (Å²) in [5, 5.41) is 1.16. The summed E-state index contributed by atoms with van der Waals surface area (Å²) >= 11 is 3.51. The molecule has 1 aromatic rings. The molecule has 0 aliphatic carbocycles. The Morgan fingerprint density at radius 2 is 1.25 bits per heavy atom. The molecular formula is C34H55BrO. The van der Waals surface area contributed by atoms with Gasteiger partial charge in [0.15, 0.2) is 0 Å². The van der Waals surface area contributed by atoms with Gasteiger partial charge in [0, 0.05) is 24.8 Å². The molecule has 0 aliphatic heterocycles. The van der Waals surface area contributed by atoms with Gasteiger partial charge in [-0.05, 0) is 63.9 Å². The van der Waals surface area contributed by atoms with E-state index in [-0.39, 0.29) is 0 Å². The number of allylic oxidation sites excluding steroid dienone is 2. The molecule has 0 saturated carbocycles. The van der Waals surface area contributed by atoms with Crippen molar-refractivity contribution in [2.45, 2.75) is 142 Å². The van der Waals surface area contributed by atoms with Crippen LogP contribution in [-0.4, -0.2) is 11.9 Å². The van der Waals surface area contributed by atoms with E-state index >= 15 is 0 Å². The van der Waals surface area contributed by atoms with Gasteiger partial charge in [-0.25, -0.2) is 0 Å². The first-order valence-corrected chi connectivity index (χ1v) is 16.2. The molecule has 2 heteroatoms. The van der Waals surface area contributed by atoms with Crippen LogP contribution < -0.4 is 0 Å². The molecule has 0 saturated heterocycles. The molecule has 0 bridgehead atoms. The highest BCUT2D eigenvalue weighted by atomic mass is 79.9. The van der Waals surface area contributed by atoms with Crippen LogP contribution in [-0.2, 0) is 11.3 Å².